The van der Waals surface area contributed by atoms with Crippen LogP contribution < -0.4 is 11.2 Å². The van der Waals surface area contributed by atoms with E-state index in [0.29, 0.717) is 0 Å². The van der Waals surface area contributed by atoms with Gasteiger partial charge in [-0.3, -0.25) is 14.4 Å². The lowest BCUT2D eigenvalue weighted by molar-refractivity contribution is -0.141. The molecule has 0 bridgehead atoms. The Morgan fingerprint density at radius 2 is 2.00 bits per heavy atom. The second-order valence-corrected chi connectivity index (χ2v) is 3.42. The van der Waals surface area contributed by atoms with E-state index < -0.39 is 11.5 Å². The normalized spacial score (nSPS) is 11.1. The minimum atomic E-state index is -0.642. The Bertz CT molecular complexity index is 215. The molecule has 0 fully saturated rings. The van der Waals surface area contributed by atoms with Crippen molar-refractivity contribution >= 4 is 11.8 Å². The van der Waals surface area contributed by atoms with Crippen molar-refractivity contribution in [1.82, 2.24) is 5.48 Å². The van der Waals surface area contributed by atoms with Crippen LogP contribution in [0.25, 0.3) is 0 Å². The quantitative estimate of drug-likeness (QED) is 0.562. The zero-order chi connectivity index (χ0) is 11.2. The summed E-state index contributed by atoms with van der Waals surface area (Å²) in [6.45, 7) is 3.19. The van der Waals surface area contributed by atoms with Gasteiger partial charge in [-0.1, -0.05) is 0 Å². The van der Waals surface area contributed by atoms with Crippen LogP contribution in [0.4, 0.5) is 0 Å². The molecule has 0 aliphatic rings. The van der Waals surface area contributed by atoms with Gasteiger partial charge in [0.2, 0.25) is 11.8 Å². The molecule has 0 saturated heterocycles. The van der Waals surface area contributed by atoms with Gasteiger partial charge < -0.3 is 10.5 Å². The van der Waals surface area contributed by atoms with Crippen LogP contribution in [0.3, 0.4) is 0 Å². The van der Waals surface area contributed by atoms with Crippen molar-refractivity contribution in [2.24, 2.45) is 5.73 Å². The van der Waals surface area contributed by atoms with Crippen LogP contribution in [0.1, 0.15) is 20.3 Å². The minimum Gasteiger partial charge on any atom is -0.378 e. The van der Waals surface area contributed by atoms with E-state index in [1.807, 2.05) is 0 Å². The maximum Gasteiger partial charge on any atom is 0.246 e. The molecule has 2 amide bonds. The van der Waals surface area contributed by atoms with Gasteiger partial charge in [0.15, 0.2) is 6.61 Å². The standard InChI is InChI=1S/C8H16N2O4/c1-8(2,13-3)4-7(12)10-14-5-6(9)11/h4-5H2,1-3H3,(H2,9,11)(H,10,12). The molecule has 0 aromatic carbocycles. The highest BCUT2D eigenvalue weighted by atomic mass is 16.7. The van der Waals surface area contributed by atoms with Crippen molar-refractivity contribution in [3.05, 3.63) is 0 Å². The molecule has 0 aliphatic carbocycles. The molecule has 0 aromatic heterocycles. The zero-order valence-corrected chi connectivity index (χ0v) is 8.62. The molecule has 6 nitrogen and oxygen atoms in total. The fourth-order valence-electron chi connectivity index (χ4n) is 0.683. The van der Waals surface area contributed by atoms with E-state index in [1.165, 1.54) is 7.11 Å². The SMILES string of the molecule is COC(C)(C)CC(=O)NOCC(N)=O. The number of primary amides is 1. The van der Waals surface area contributed by atoms with E-state index in [4.69, 9.17) is 10.5 Å². The lowest BCUT2D eigenvalue weighted by Gasteiger charge is -2.21. The second kappa shape index (κ2) is 5.56. The summed E-state index contributed by atoms with van der Waals surface area (Å²) >= 11 is 0. The Hall–Kier alpha value is -1.14. The molecule has 0 radical (unpaired) electrons. The van der Waals surface area contributed by atoms with Crippen LogP contribution in [0.2, 0.25) is 0 Å². The molecule has 0 spiro atoms. The molecule has 0 aromatic rings. The van der Waals surface area contributed by atoms with E-state index in [-0.39, 0.29) is 18.9 Å². The predicted molar refractivity (Wildman–Crippen MR) is 49.0 cm³/mol. The van der Waals surface area contributed by atoms with Crippen molar-refractivity contribution in [2.45, 2.75) is 25.9 Å². The zero-order valence-electron chi connectivity index (χ0n) is 8.62. The third kappa shape index (κ3) is 6.38. The number of carbonyl (C=O) groups is 2. The van der Waals surface area contributed by atoms with Crippen LogP contribution in [-0.2, 0) is 19.2 Å². The largest absolute Gasteiger partial charge is 0.378 e. The highest BCUT2D eigenvalue weighted by molar-refractivity contribution is 5.77. The number of nitrogens with two attached hydrogens (primary N) is 1. The van der Waals surface area contributed by atoms with Gasteiger partial charge in [0, 0.05) is 7.11 Å². The summed E-state index contributed by atoms with van der Waals surface area (Å²) in [6.07, 6.45) is 0.141. The van der Waals surface area contributed by atoms with Crippen molar-refractivity contribution in [1.29, 1.82) is 0 Å². The van der Waals surface area contributed by atoms with E-state index in [0.717, 1.165) is 0 Å². The van der Waals surface area contributed by atoms with Crippen molar-refractivity contribution in [2.75, 3.05) is 13.7 Å². The summed E-state index contributed by atoms with van der Waals surface area (Å²) in [5.74, 6) is -1.01. The highest BCUT2D eigenvalue weighted by Gasteiger charge is 2.20. The van der Waals surface area contributed by atoms with E-state index in [1.54, 1.807) is 13.8 Å². The van der Waals surface area contributed by atoms with Crippen molar-refractivity contribution in [3.63, 3.8) is 0 Å². The van der Waals surface area contributed by atoms with Crippen molar-refractivity contribution < 1.29 is 19.2 Å². The van der Waals surface area contributed by atoms with Gasteiger partial charge in [-0.25, -0.2) is 5.48 Å². The first kappa shape index (κ1) is 12.9. The minimum absolute atomic E-state index is 0.141. The molecule has 14 heavy (non-hydrogen) atoms. The molecule has 0 saturated carbocycles. The van der Waals surface area contributed by atoms with Crippen LogP contribution in [0, 0.1) is 0 Å². The number of carbonyl (C=O) groups excluding carboxylic acids is 2. The average Bonchev–Trinajstić information content (AvgIpc) is 2.02. The first-order valence-electron chi connectivity index (χ1n) is 4.11. The van der Waals surface area contributed by atoms with Gasteiger partial charge in [0.05, 0.1) is 12.0 Å². The van der Waals surface area contributed by atoms with Gasteiger partial charge in [-0.05, 0) is 13.8 Å². The fourth-order valence-corrected chi connectivity index (χ4v) is 0.683. The molecule has 0 unspecified atom stereocenters. The Balaban J connectivity index is 3.71. The Morgan fingerprint density at radius 1 is 1.43 bits per heavy atom. The van der Waals surface area contributed by atoms with Gasteiger partial charge in [0.25, 0.3) is 0 Å². The molecule has 6 heteroatoms. The van der Waals surface area contributed by atoms with Crippen LogP contribution in [0.5, 0.6) is 0 Å². The monoisotopic (exact) mass is 204 g/mol. The smallest absolute Gasteiger partial charge is 0.246 e. The lowest BCUT2D eigenvalue weighted by atomic mass is 10.1. The molecule has 0 heterocycles. The third-order valence-electron chi connectivity index (χ3n) is 1.54. The summed E-state index contributed by atoms with van der Waals surface area (Å²) < 4.78 is 5.03. The first-order chi connectivity index (χ1) is 6.37. The highest BCUT2D eigenvalue weighted by Crippen LogP contribution is 2.11. The number of hydrogen-bond acceptors (Lipinski definition) is 4. The number of hydrogen-bond donors (Lipinski definition) is 2. The predicted octanol–water partition coefficient (Wildman–Crippen LogP) is -0.665. The average molecular weight is 204 g/mol. The molecule has 0 atom stereocenters. The summed E-state index contributed by atoms with van der Waals surface area (Å²) in [5, 5.41) is 0. The summed E-state index contributed by atoms with van der Waals surface area (Å²) in [5.41, 5.74) is 6.32. The van der Waals surface area contributed by atoms with E-state index in [2.05, 4.69) is 10.3 Å². The first-order valence-corrected chi connectivity index (χ1v) is 4.11. The number of hydroxylamine groups is 1. The van der Waals surface area contributed by atoms with Gasteiger partial charge in [-0.15, -0.1) is 0 Å². The summed E-state index contributed by atoms with van der Waals surface area (Å²) in [6, 6.07) is 0. The Kier molecular flexibility index (Phi) is 5.11. The van der Waals surface area contributed by atoms with Crippen LogP contribution in [-0.4, -0.2) is 31.1 Å². The summed E-state index contributed by atoms with van der Waals surface area (Å²) in [4.78, 5) is 25.9. The summed E-state index contributed by atoms with van der Waals surface area (Å²) in [7, 11) is 1.51. The van der Waals surface area contributed by atoms with E-state index >= 15 is 0 Å². The molecule has 3 N–H and O–H groups in total. The molecule has 0 rings (SSSR count). The number of rotatable bonds is 6. The van der Waals surface area contributed by atoms with Crippen LogP contribution >= 0.6 is 0 Å². The maximum absolute atomic E-state index is 11.1. The molecule has 0 aliphatic heterocycles. The van der Waals surface area contributed by atoms with Gasteiger partial charge >= 0.3 is 0 Å². The van der Waals surface area contributed by atoms with Crippen molar-refractivity contribution in [3.8, 4) is 0 Å². The fraction of sp³-hybridized carbons (Fsp3) is 0.750. The third-order valence-corrected chi connectivity index (χ3v) is 1.54. The van der Waals surface area contributed by atoms with E-state index in [9.17, 15) is 9.59 Å². The lowest BCUT2D eigenvalue weighted by Crippen LogP contribution is -2.35. The maximum atomic E-state index is 11.1. The Morgan fingerprint density at radius 3 is 2.43 bits per heavy atom. The van der Waals surface area contributed by atoms with Gasteiger partial charge in [0.1, 0.15) is 0 Å². The topological polar surface area (TPSA) is 90.7 Å². The molecular formula is C8H16N2O4. The number of methoxy groups -OCH3 is 1. The molecule has 82 valence electrons. The number of nitrogens with one attached hydrogen (secondary N) is 1. The molecular weight excluding hydrogens is 188 g/mol. The number of ether oxygens (including phenoxy) is 1. The second-order valence-electron chi connectivity index (χ2n) is 3.42. The Labute approximate surface area is 82.7 Å². The number of amides is 2. The van der Waals surface area contributed by atoms with Gasteiger partial charge in [-0.2, -0.15) is 0 Å². The van der Waals surface area contributed by atoms with Crippen LogP contribution in [0.15, 0.2) is 0 Å².